The van der Waals surface area contributed by atoms with E-state index >= 15 is 0 Å². The Morgan fingerprint density at radius 2 is 1.86 bits per heavy atom. The number of imide groups is 1. The summed E-state index contributed by atoms with van der Waals surface area (Å²) in [5.74, 6) is -0.469. The molecule has 0 saturated carbocycles. The highest BCUT2D eigenvalue weighted by Crippen LogP contribution is 2.35. The second-order valence-corrected chi connectivity index (χ2v) is 7.76. The zero-order chi connectivity index (χ0) is 20.3. The molecule has 2 N–H and O–H groups in total. The van der Waals surface area contributed by atoms with Crippen LogP contribution in [0, 0.1) is 11.7 Å². The number of aromatic nitrogens is 1. The first-order valence-electron chi connectivity index (χ1n) is 10.1. The lowest BCUT2D eigenvalue weighted by Gasteiger charge is -2.38. The van der Waals surface area contributed by atoms with Crippen molar-refractivity contribution in [1.29, 1.82) is 0 Å². The summed E-state index contributed by atoms with van der Waals surface area (Å²) >= 11 is 0. The normalized spacial score (nSPS) is 22.7. The van der Waals surface area contributed by atoms with E-state index in [1.54, 1.807) is 18.3 Å². The van der Waals surface area contributed by atoms with Crippen LogP contribution < -0.4 is 10.6 Å². The molecule has 0 radical (unpaired) electrons. The van der Waals surface area contributed by atoms with Gasteiger partial charge < -0.3 is 10.6 Å². The number of carbonyl (C=O) groups is 2. The number of carbonyl (C=O) groups excluding carboxylic acids is 2. The molecular formula is C22H25FN4O2. The Morgan fingerprint density at radius 3 is 2.55 bits per heavy atom. The van der Waals surface area contributed by atoms with Crippen LogP contribution in [0.25, 0.3) is 0 Å². The maximum Gasteiger partial charge on any atom is 0.325 e. The van der Waals surface area contributed by atoms with Crippen LogP contribution in [-0.4, -0.2) is 47.0 Å². The number of urea groups is 1. The van der Waals surface area contributed by atoms with Gasteiger partial charge in [0.15, 0.2) is 0 Å². The van der Waals surface area contributed by atoms with Crippen molar-refractivity contribution in [2.24, 2.45) is 5.92 Å². The minimum absolute atomic E-state index is 0.0325. The van der Waals surface area contributed by atoms with Crippen molar-refractivity contribution in [3.8, 4) is 0 Å². The maximum absolute atomic E-state index is 13.6. The largest absolute Gasteiger partial charge is 0.325 e. The molecule has 3 amide bonds. The first-order chi connectivity index (χ1) is 14.1. The number of piperidine rings is 1. The van der Waals surface area contributed by atoms with E-state index in [9.17, 15) is 14.0 Å². The molecule has 2 aromatic rings. The van der Waals surface area contributed by atoms with E-state index in [0.29, 0.717) is 12.8 Å². The van der Waals surface area contributed by atoms with Gasteiger partial charge in [-0.25, -0.2) is 9.18 Å². The number of nitrogens with one attached hydrogen (secondary N) is 2. The maximum atomic E-state index is 13.6. The molecule has 0 bridgehead atoms. The summed E-state index contributed by atoms with van der Waals surface area (Å²) in [6, 6.07) is 11.4. The molecule has 29 heavy (non-hydrogen) atoms. The number of rotatable bonds is 6. The van der Waals surface area contributed by atoms with E-state index in [4.69, 9.17) is 0 Å². The lowest BCUT2D eigenvalue weighted by molar-refractivity contribution is -0.133. The number of amides is 3. The Hall–Kier alpha value is -2.80. The highest BCUT2D eigenvalue weighted by Gasteiger charge is 2.55. The summed E-state index contributed by atoms with van der Waals surface area (Å²) in [4.78, 5) is 32.0. The highest BCUT2D eigenvalue weighted by atomic mass is 19.1. The van der Waals surface area contributed by atoms with Crippen molar-refractivity contribution < 1.29 is 14.0 Å². The Kier molecular flexibility index (Phi) is 5.58. The van der Waals surface area contributed by atoms with Gasteiger partial charge in [-0.3, -0.25) is 14.7 Å². The fraction of sp³-hybridized carbons (Fsp3) is 0.409. The highest BCUT2D eigenvalue weighted by molar-refractivity contribution is 6.07. The van der Waals surface area contributed by atoms with Crippen molar-refractivity contribution in [2.75, 3.05) is 19.6 Å². The number of hydrogen-bond acceptors (Lipinski definition) is 4. The van der Waals surface area contributed by atoms with Crippen molar-refractivity contribution >= 4 is 11.9 Å². The number of pyridine rings is 1. The first kappa shape index (κ1) is 19.5. The third-order valence-electron chi connectivity index (χ3n) is 5.95. The number of nitrogens with zero attached hydrogens (tertiary/aromatic N) is 2. The van der Waals surface area contributed by atoms with Gasteiger partial charge in [0.05, 0.1) is 0 Å². The van der Waals surface area contributed by atoms with Crippen molar-refractivity contribution in [1.82, 2.24) is 20.5 Å². The van der Waals surface area contributed by atoms with Crippen LogP contribution in [0.5, 0.6) is 0 Å². The van der Waals surface area contributed by atoms with Gasteiger partial charge in [-0.05, 0) is 61.7 Å². The Morgan fingerprint density at radius 1 is 1.10 bits per heavy atom. The van der Waals surface area contributed by atoms with Crippen LogP contribution in [0.3, 0.4) is 0 Å². The standard InChI is InChI=1S/C22H25FN4O2/c23-18-6-4-16(5-7-18)15-22(17-8-12-24-13-9-17)20(28)27(21(29)26-22)14-10-19-3-1-2-11-25-19/h1-7,11,17,24H,8-10,12-15H2,(H,26,29)/t22-/m1/s1. The average molecular weight is 396 g/mol. The van der Waals surface area contributed by atoms with Gasteiger partial charge in [0.1, 0.15) is 11.4 Å². The molecular weight excluding hydrogens is 371 g/mol. The van der Waals surface area contributed by atoms with Gasteiger partial charge in [-0.2, -0.15) is 0 Å². The van der Waals surface area contributed by atoms with Gasteiger partial charge in [-0.1, -0.05) is 18.2 Å². The van der Waals surface area contributed by atoms with Crippen LogP contribution in [0.15, 0.2) is 48.7 Å². The summed E-state index contributed by atoms with van der Waals surface area (Å²) in [7, 11) is 0. The van der Waals surface area contributed by atoms with Crippen molar-refractivity contribution in [3.63, 3.8) is 0 Å². The summed E-state index contributed by atoms with van der Waals surface area (Å²) in [5.41, 5.74) is 0.692. The molecule has 2 fully saturated rings. The predicted octanol–water partition coefficient (Wildman–Crippen LogP) is 2.30. The molecule has 4 rings (SSSR count). The monoisotopic (exact) mass is 396 g/mol. The zero-order valence-electron chi connectivity index (χ0n) is 16.2. The van der Waals surface area contributed by atoms with Gasteiger partial charge in [-0.15, -0.1) is 0 Å². The molecule has 0 unspecified atom stereocenters. The van der Waals surface area contributed by atoms with E-state index in [2.05, 4.69) is 15.6 Å². The fourth-order valence-corrected chi connectivity index (χ4v) is 4.40. The van der Waals surface area contributed by atoms with Crippen LogP contribution in [0.1, 0.15) is 24.1 Å². The molecule has 1 atom stereocenters. The third-order valence-corrected chi connectivity index (χ3v) is 5.95. The molecule has 2 saturated heterocycles. The van der Waals surface area contributed by atoms with E-state index in [1.807, 2.05) is 18.2 Å². The lowest BCUT2D eigenvalue weighted by atomic mass is 9.74. The van der Waals surface area contributed by atoms with E-state index in [0.717, 1.165) is 37.2 Å². The van der Waals surface area contributed by atoms with Gasteiger partial charge in [0.25, 0.3) is 5.91 Å². The molecule has 7 heteroatoms. The molecule has 1 aromatic carbocycles. The van der Waals surface area contributed by atoms with Crippen LogP contribution >= 0.6 is 0 Å². The number of benzene rings is 1. The Balaban J connectivity index is 1.58. The van der Waals surface area contributed by atoms with Gasteiger partial charge in [0, 0.05) is 31.3 Å². The van der Waals surface area contributed by atoms with Crippen molar-refractivity contribution in [3.05, 3.63) is 65.7 Å². The quantitative estimate of drug-likeness (QED) is 0.735. The zero-order valence-corrected chi connectivity index (χ0v) is 16.2. The predicted molar refractivity (Wildman–Crippen MR) is 107 cm³/mol. The molecule has 6 nitrogen and oxygen atoms in total. The van der Waals surface area contributed by atoms with Gasteiger partial charge in [0.2, 0.25) is 0 Å². The van der Waals surface area contributed by atoms with Crippen LogP contribution in [0.2, 0.25) is 0 Å². The second-order valence-electron chi connectivity index (χ2n) is 7.76. The smallest absolute Gasteiger partial charge is 0.322 e. The molecule has 2 aliphatic heterocycles. The molecule has 3 heterocycles. The summed E-state index contributed by atoms with van der Waals surface area (Å²) in [5, 5.41) is 6.35. The Bertz CT molecular complexity index is 868. The number of hydrogen-bond donors (Lipinski definition) is 2. The van der Waals surface area contributed by atoms with E-state index in [1.165, 1.54) is 17.0 Å². The second kappa shape index (κ2) is 8.29. The summed E-state index contributed by atoms with van der Waals surface area (Å²) in [6.45, 7) is 1.91. The molecule has 152 valence electrons. The van der Waals surface area contributed by atoms with E-state index < -0.39 is 5.54 Å². The molecule has 0 aliphatic carbocycles. The third kappa shape index (κ3) is 4.00. The fourth-order valence-electron chi connectivity index (χ4n) is 4.40. The van der Waals surface area contributed by atoms with Crippen molar-refractivity contribution in [2.45, 2.75) is 31.2 Å². The molecule has 1 aromatic heterocycles. The molecule has 2 aliphatic rings. The van der Waals surface area contributed by atoms with Crippen LogP contribution in [-0.2, 0) is 17.6 Å². The van der Waals surface area contributed by atoms with E-state index in [-0.39, 0.29) is 30.2 Å². The topological polar surface area (TPSA) is 74.3 Å². The average Bonchev–Trinajstić information content (AvgIpc) is 2.99. The number of halogens is 1. The minimum Gasteiger partial charge on any atom is -0.322 e. The SMILES string of the molecule is O=C1N[C@](Cc2ccc(F)cc2)(C2CCNCC2)C(=O)N1CCc1ccccn1. The summed E-state index contributed by atoms with van der Waals surface area (Å²) < 4.78 is 13.4. The molecule has 0 spiro atoms. The lowest BCUT2D eigenvalue weighted by Crippen LogP contribution is -2.57. The van der Waals surface area contributed by atoms with Gasteiger partial charge >= 0.3 is 6.03 Å². The first-order valence-corrected chi connectivity index (χ1v) is 10.1. The summed E-state index contributed by atoms with van der Waals surface area (Å²) in [6.07, 6.45) is 4.19. The van der Waals surface area contributed by atoms with Crippen LogP contribution in [0.4, 0.5) is 9.18 Å². The minimum atomic E-state index is -0.985. The Labute approximate surface area is 169 Å².